The molecular formula is C20H24N2O4. The van der Waals surface area contributed by atoms with E-state index in [2.05, 4.69) is 6.08 Å². The molecule has 6 nitrogen and oxygen atoms in total. The lowest BCUT2D eigenvalue weighted by Gasteiger charge is -2.35. The van der Waals surface area contributed by atoms with Crippen molar-refractivity contribution in [2.24, 2.45) is 5.92 Å². The molecular weight excluding hydrogens is 332 g/mol. The molecule has 2 bridgehead atoms. The number of hydrogen-bond donors (Lipinski definition) is 0. The third kappa shape index (κ3) is 3.04. The highest BCUT2D eigenvalue weighted by molar-refractivity contribution is 5.95. The molecule has 3 saturated heterocycles. The first-order chi connectivity index (χ1) is 12.5. The predicted octanol–water partition coefficient (Wildman–Crippen LogP) is 2.44. The van der Waals surface area contributed by atoms with Gasteiger partial charge in [-0.1, -0.05) is 11.6 Å². The van der Waals surface area contributed by atoms with E-state index in [4.69, 9.17) is 9.47 Å². The van der Waals surface area contributed by atoms with Gasteiger partial charge in [0.05, 0.1) is 5.92 Å². The van der Waals surface area contributed by atoms with Gasteiger partial charge in [-0.05, 0) is 44.9 Å². The zero-order valence-corrected chi connectivity index (χ0v) is 15.2. The summed E-state index contributed by atoms with van der Waals surface area (Å²) in [6.07, 6.45) is 3.90. The van der Waals surface area contributed by atoms with Crippen molar-refractivity contribution >= 4 is 11.8 Å². The predicted molar refractivity (Wildman–Crippen MR) is 96.1 cm³/mol. The third-order valence-electron chi connectivity index (χ3n) is 5.40. The van der Waals surface area contributed by atoms with Crippen LogP contribution in [0.1, 0.15) is 37.0 Å². The molecule has 1 aromatic rings. The van der Waals surface area contributed by atoms with Crippen molar-refractivity contribution in [2.75, 3.05) is 26.4 Å². The first-order valence-electron chi connectivity index (χ1n) is 9.15. The molecule has 0 aromatic heterocycles. The summed E-state index contributed by atoms with van der Waals surface area (Å²) in [6, 6.07) is 5.37. The van der Waals surface area contributed by atoms with Gasteiger partial charge in [-0.15, -0.1) is 0 Å². The van der Waals surface area contributed by atoms with E-state index >= 15 is 0 Å². The summed E-state index contributed by atoms with van der Waals surface area (Å²) in [5.74, 6) is 1.31. The molecule has 138 valence electrons. The lowest BCUT2D eigenvalue weighted by Crippen LogP contribution is -2.48. The molecule has 0 N–H and O–H groups in total. The van der Waals surface area contributed by atoms with Gasteiger partial charge < -0.3 is 19.3 Å². The molecule has 0 spiro atoms. The SMILES string of the molecule is CC(C)=CCN1C(=O)[C@H]2CC[C@@H]1CN(C(=O)c1ccc3c(c1)OCO3)C2. The maximum atomic E-state index is 13.0. The second-order valence-electron chi connectivity index (χ2n) is 7.48. The third-order valence-corrected chi connectivity index (χ3v) is 5.40. The molecule has 0 aliphatic carbocycles. The average Bonchev–Trinajstić information content (AvgIpc) is 2.93. The Morgan fingerprint density at radius 3 is 2.81 bits per heavy atom. The van der Waals surface area contributed by atoms with Crippen LogP contribution in [-0.4, -0.2) is 54.1 Å². The largest absolute Gasteiger partial charge is 0.454 e. The van der Waals surface area contributed by atoms with Crippen molar-refractivity contribution in [1.82, 2.24) is 9.80 Å². The molecule has 4 aliphatic rings. The van der Waals surface area contributed by atoms with Crippen LogP contribution in [0, 0.1) is 5.92 Å². The van der Waals surface area contributed by atoms with Gasteiger partial charge in [0.1, 0.15) is 0 Å². The number of amides is 2. The van der Waals surface area contributed by atoms with Crippen molar-refractivity contribution in [1.29, 1.82) is 0 Å². The minimum absolute atomic E-state index is 0.0444. The van der Waals surface area contributed by atoms with Gasteiger partial charge in [-0.25, -0.2) is 0 Å². The summed E-state index contributed by atoms with van der Waals surface area (Å²) in [4.78, 5) is 29.6. The van der Waals surface area contributed by atoms with Crippen LogP contribution in [0.4, 0.5) is 0 Å². The summed E-state index contributed by atoms with van der Waals surface area (Å²) in [5, 5.41) is 0. The Bertz CT molecular complexity index is 769. The maximum absolute atomic E-state index is 13.0. The van der Waals surface area contributed by atoms with Crippen molar-refractivity contribution in [2.45, 2.75) is 32.7 Å². The van der Waals surface area contributed by atoms with E-state index in [0.717, 1.165) is 12.8 Å². The number of nitrogens with zero attached hydrogens (tertiary/aromatic N) is 2. The summed E-state index contributed by atoms with van der Waals surface area (Å²) >= 11 is 0. The molecule has 2 atom stereocenters. The monoisotopic (exact) mass is 356 g/mol. The molecule has 0 radical (unpaired) electrons. The van der Waals surface area contributed by atoms with Crippen LogP contribution >= 0.6 is 0 Å². The van der Waals surface area contributed by atoms with Gasteiger partial charge in [0.25, 0.3) is 5.91 Å². The van der Waals surface area contributed by atoms with E-state index in [9.17, 15) is 9.59 Å². The first kappa shape index (κ1) is 16.9. The number of rotatable bonds is 3. The molecule has 26 heavy (non-hydrogen) atoms. The Hall–Kier alpha value is -2.50. The highest BCUT2D eigenvalue weighted by Crippen LogP contribution is 2.34. The lowest BCUT2D eigenvalue weighted by atomic mass is 9.94. The maximum Gasteiger partial charge on any atom is 0.254 e. The van der Waals surface area contributed by atoms with Crippen LogP contribution in [0.15, 0.2) is 29.8 Å². The van der Waals surface area contributed by atoms with Gasteiger partial charge >= 0.3 is 0 Å². The molecule has 4 heterocycles. The molecule has 5 rings (SSSR count). The molecule has 2 amide bonds. The van der Waals surface area contributed by atoms with Crippen LogP contribution in [0.25, 0.3) is 0 Å². The summed E-state index contributed by atoms with van der Waals surface area (Å²) < 4.78 is 10.7. The number of fused-ring (bicyclic) bond motifs is 5. The molecule has 6 heteroatoms. The van der Waals surface area contributed by atoms with E-state index in [0.29, 0.717) is 36.7 Å². The van der Waals surface area contributed by atoms with E-state index in [1.165, 1.54) is 5.57 Å². The Kier molecular flexibility index (Phi) is 4.34. The van der Waals surface area contributed by atoms with Crippen LogP contribution < -0.4 is 9.47 Å². The van der Waals surface area contributed by atoms with Gasteiger partial charge in [0.15, 0.2) is 11.5 Å². The van der Waals surface area contributed by atoms with Gasteiger partial charge in [0.2, 0.25) is 12.7 Å². The van der Waals surface area contributed by atoms with Gasteiger partial charge in [0, 0.05) is 31.2 Å². The lowest BCUT2D eigenvalue weighted by molar-refractivity contribution is -0.139. The fourth-order valence-corrected chi connectivity index (χ4v) is 3.94. The standard InChI is InChI=1S/C20H24N2O4/c1-13(2)7-8-22-16-5-3-15(20(22)24)10-21(11-16)19(23)14-4-6-17-18(9-14)26-12-25-17/h4,6-7,9,15-16H,3,5,8,10-12H2,1-2H3/t15-,16+/m0/s1. The molecule has 0 unspecified atom stereocenters. The molecule has 0 saturated carbocycles. The number of piperidine rings is 1. The summed E-state index contributed by atoms with van der Waals surface area (Å²) in [7, 11) is 0. The molecule has 1 aromatic carbocycles. The molecule has 4 aliphatic heterocycles. The smallest absolute Gasteiger partial charge is 0.254 e. The number of hydrogen-bond acceptors (Lipinski definition) is 4. The minimum atomic E-state index is -0.0997. The van der Waals surface area contributed by atoms with E-state index in [-0.39, 0.29) is 30.6 Å². The zero-order valence-electron chi connectivity index (χ0n) is 15.2. The second kappa shape index (κ2) is 6.67. The van der Waals surface area contributed by atoms with E-state index in [1.54, 1.807) is 18.2 Å². The van der Waals surface area contributed by atoms with Crippen molar-refractivity contribution in [3.8, 4) is 11.5 Å². The van der Waals surface area contributed by atoms with E-state index in [1.807, 2.05) is 23.6 Å². The van der Waals surface area contributed by atoms with Crippen molar-refractivity contribution in [3.05, 3.63) is 35.4 Å². The fourth-order valence-electron chi connectivity index (χ4n) is 3.94. The average molecular weight is 356 g/mol. The zero-order chi connectivity index (χ0) is 18.3. The first-order valence-corrected chi connectivity index (χ1v) is 9.15. The van der Waals surface area contributed by atoms with Crippen molar-refractivity contribution in [3.63, 3.8) is 0 Å². The van der Waals surface area contributed by atoms with Crippen molar-refractivity contribution < 1.29 is 19.1 Å². The second-order valence-corrected chi connectivity index (χ2v) is 7.48. The van der Waals surface area contributed by atoms with Crippen LogP contribution in [0.2, 0.25) is 0 Å². The Labute approximate surface area is 153 Å². The van der Waals surface area contributed by atoms with Gasteiger partial charge in [-0.2, -0.15) is 0 Å². The topological polar surface area (TPSA) is 59.1 Å². The van der Waals surface area contributed by atoms with Gasteiger partial charge in [-0.3, -0.25) is 9.59 Å². The number of benzene rings is 1. The summed E-state index contributed by atoms with van der Waals surface area (Å²) in [5.41, 5.74) is 1.78. The summed E-state index contributed by atoms with van der Waals surface area (Å²) in [6.45, 7) is 5.98. The normalized spacial score (nSPS) is 23.8. The van der Waals surface area contributed by atoms with E-state index < -0.39 is 0 Å². The molecule has 3 fully saturated rings. The quantitative estimate of drug-likeness (QED) is 0.781. The Morgan fingerprint density at radius 2 is 2.00 bits per heavy atom. The highest BCUT2D eigenvalue weighted by atomic mass is 16.7. The number of allylic oxidation sites excluding steroid dienone is 1. The van der Waals surface area contributed by atoms with Crippen LogP contribution in [0.5, 0.6) is 11.5 Å². The Balaban J connectivity index is 1.54. The minimum Gasteiger partial charge on any atom is -0.454 e. The number of carbonyl (C=O) groups excluding carboxylic acids is 2. The highest BCUT2D eigenvalue weighted by Gasteiger charge is 2.41. The fraction of sp³-hybridized carbons (Fsp3) is 0.500. The number of carbonyl (C=O) groups is 2. The van der Waals surface area contributed by atoms with Crippen LogP contribution in [0.3, 0.4) is 0 Å². The Morgan fingerprint density at radius 1 is 1.19 bits per heavy atom. The van der Waals surface area contributed by atoms with Crippen LogP contribution in [-0.2, 0) is 4.79 Å². The number of ether oxygens (including phenoxy) is 2.